The summed E-state index contributed by atoms with van der Waals surface area (Å²) in [7, 11) is 0. The topological polar surface area (TPSA) is 73.5 Å². The number of rotatable bonds is 4. The summed E-state index contributed by atoms with van der Waals surface area (Å²) in [6, 6.07) is 7.59. The van der Waals surface area contributed by atoms with Crippen LogP contribution < -0.4 is 16.0 Å². The van der Waals surface area contributed by atoms with Crippen molar-refractivity contribution in [3.8, 4) is 0 Å². The summed E-state index contributed by atoms with van der Waals surface area (Å²) in [6.45, 7) is 6.37. The first-order valence-corrected chi connectivity index (χ1v) is 10.7. The molecule has 29 heavy (non-hydrogen) atoms. The number of nitrogens with zero attached hydrogens (tertiary/aromatic N) is 1. The van der Waals surface area contributed by atoms with Crippen molar-refractivity contribution < 1.29 is 9.59 Å². The first-order valence-electron chi connectivity index (χ1n) is 10.7. The molecule has 7 heteroatoms. The largest absolute Gasteiger partial charge is 0.342 e. The number of hydrogen-bond donors (Lipinski definition) is 3. The molecule has 0 bridgehead atoms. The molecule has 3 amide bonds. The van der Waals surface area contributed by atoms with Gasteiger partial charge >= 0.3 is 6.03 Å². The molecule has 3 N–H and O–H groups in total. The van der Waals surface area contributed by atoms with E-state index in [0.29, 0.717) is 23.8 Å². The molecule has 1 saturated carbocycles. The van der Waals surface area contributed by atoms with Crippen molar-refractivity contribution in [2.45, 2.75) is 39.0 Å². The molecule has 3 fully saturated rings. The summed E-state index contributed by atoms with van der Waals surface area (Å²) in [6.07, 6.45) is 5.45. The van der Waals surface area contributed by atoms with Gasteiger partial charge in [0.15, 0.2) is 0 Å². The molecular formula is C22H33ClN4O2. The van der Waals surface area contributed by atoms with Crippen LogP contribution in [0, 0.1) is 24.2 Å². The fourth-order valence-corrected chi connectivity index (χ4v) is 4.88. The molecule has 0 aromatic heterocycles. The summed E-state index contributed by atoms with van der Waals surface area (Å²) < 4.78 is 0. The Morgan fingerprint density at radius 2 is 1.93 bits per heavy atom. The van der Waals surface area contributed by atoms with E-state index >= 15 is 0 Å². The van der Waals surface area contributed by atoms with Crippen molar-refractivity contribution in [2.75, 3.05) is 38.0 Å². The van der Waals surface area contributed by atoms with Crippen LogP contribution in [0.15, 0.2) is 24.3 Å². The Kier molecular flexibility index (Phi) is 7.06. The van der Waals surface area contributed by atoms with Gasteiger partial charge in [-0.3, -0.25) is 4.79 Å². The Bertz CT molecular complexity index is 718. The minimum atomic E-state index is -0.178. The Balaban J connectivity index is 0.00000240. The number of amides is 3. The van der Waals surface area contributed by atoms with Gasteiger partial charge in [0, 0.05) is 31.2 Å². The Morgan fingerprint density at radius 3 is 2.66 bits per heavy atom. The summed E-state index contributed by atoms with van der Waals surface area (Å²) in [5.41, 5.74) is 2.26. The van der Waals surface area contributed by atoms with Crippen molar-refractivity contribution in [3.05, 3.63) is 29.8 Å². The maximum atomic E-state index is 13.0. The van der Waals surface area contributed by atoms with Gasteiger partial charge in [0.05, 0.1) is 0 Å². The van der Waals surface area contributed by atoms with Crippen molar-refractivity contribution in [1.82, 2.24) is 15.5 Å². The third kappa shape index (κ3) is 5.23. The van der Waals surface area contributed by atoms with Crippen LogP contribution in [0.3, 0.4) is 0 Å². The van der Waals surface area contributed by atoms with E-state index in [2.05, 4.69) is 20.9 Å². The second-order valence-corrected chi connectivity index (χ2v) is 8.86. The lowest BCUT2D eigenvalue weighted by Crippen LogP contribution is -2.45. The lowest BCUT2D eigenvalue weighted by Gasteiger charge is -2.34. The fraction of sp³-hybridized carbons (Fsp3) is 0.636. The number of hydrogen-bond acceptors (Lipinski definition) is 3. The van der Waals surface area contributed by atoms with Crippen LogP contribution in [0.4, 0.5) is 10.5 Å². The van der Waals surface area contributed by atoms with Gasteiger partial charge in [-0.15, -0.1) is 12.4 Å². The van der Waals surface area contributed by atoms with Crippen LogP contribution in [-0.2, 0) is 4.79 Å². The zero-order valence-corrected chi connectivity index (χ0v) is 18.0. The van der Waals surface area contributed by atoms with E-state index in [1.54, 1.807) is 0 Å². The highest BCUT2D eigenvalue weighted by Gasteiger charge is 2.58. The number of likely N-dealkylation sites (tertiary alicyclic amines) is 1. The predicted octanol–water partition coefficient (Wildman–Crippen LogP) is 3.17. The number of urea groups is 1. The molecule has 1 aliphatic carbocycles. The van der Waals surface area contributed by atoms with E-state index < -0.39 is 0 Å². The van der Waals surface area contributed by atoms with E-state index in [1.807, 2.05) is 31.2 Å². The molecule has 0 radical (unpaired) electrons. The number of halogens is 1. The maximum absolute atomic E-state index is 13.0. The third-order valence-electron chi connectivity index (χ3n) is 6.78. The number of carbonyl (C=O) groups is 2. The SMILES string of the molecule is Cc1ccc(NC(=O)NCC2CCCN(C(=O)C3CC34CCNCC4)C2)cc1.Cl. The van der Waals surface area contributed by atoms with E-state index in [4.69, 9.17) is 0 Å². The van der Waals surface area contributed by atoms with Crippen molar-refractivity contribution in [1.29, 1.82) is 0 Å². The first-order chi connectivity index (χ1) is 13.6. The summed E-state index contributed by atoms with van der Waals surface area (Å²) in [4.78, 5) is 27.2. The van der Waals surface area contributed by atoms with Crippen molar-refractivity contribution in [3.63, 3.8) is 0 Å². The Morgan fingerprint density at radius 1 is 1.21 bits per heavy atom. The van der Waals surface area contributed by atoms with Crippen molar-refractivity contribution >= 4 is 30.0 Å². The van der Waals surface area contributed by atoms with Gasteiger partial charge in [0.25, 0.3) is 0 Å². The first kappa shape index (κ1) is 21.9. The van der Waals surface area contributed by atoms with Gasteiger partial charge in [-0.05, 0) is 75.6 Å². The molecule has 1 aromatic rings. The zero-order chi connectivity index (χ0) is 19.6. The van der Waals surface area contributed by atoms with Gasteiger partial charge in [0.2, 0.25) is 5.91 Å². The number of carbonyl (C=O) groups excluding carboxylic acids is 2. The monoisotopic (exact) mass is 420 g/mol. The van der Waals surface area contributed by atoms with Crippen LogP contribution in [0.1, 0.15) is 37.7 Å². The number of aryl methyl sites for hydroxylation is 1. The van der Waals surface area contributed by atoms with Crippen molar-refractivity contribution in [2.24, 2.45) is 17.3 Å². The molecule has 2 unspecified atom stereocenters. The Labute approximate surface area is 179 Å². The van der Waals surface area contributed by atoms with E-state index in [-0.39, 0.29) is 24.4 Å². The molecule has 2 heterocycles. The fourth-order valence-electron chi connectivity index (χ4n) is 4.88. The van der Waals surface area contributed by atoms with Gasteiger partial charge in [-0.2, -0.15) is 0 Å². The summed E-state index contributed by atoms with van der Waals surface area (Å²) in [5.74, 6) is 0.936. The molecule has 6 nitrogen and oxygen atoms in total. The van der Waals surface area contributed by atoms with E-state index in [0.717, 1.165) is 64.0 Å². The van der Waals surface area contributed by atoms with Crippen LogP contribution in [-0.4, -0.2) is 49.6 Å². The smallest absolute Gasteiger partial charge is 0.319 e. The second-order valence-electron chi connectivity index (χ2n) is 8.86. The molecule has 2 saturated heterocycles. The quantitative estimate of drug-likeness (QED) is 0.700. The standard InChI is InChI=1S/C22H32N4O2.ClH/c1-16-4-6-18(7-5-16)25-21(28)24-14-17-3-2-12-26(15-17)20(27)19-13-22(19)8-10-23-11-9-22;/h4-7,17,19,23H,2-3,8-15H2,1H3,(H2,24,25,28);1H. The normalized spacial score (nSPS) is 25.1. The second kappa shape index (κ2) is 9.35. The number of anilines is 1. The number of nitrogens with one attached hydrogen (secondary N) is 3. The maximum Gasteiger partial charge on any atom is 0.319 e. The van der Waals surface area contributed by atoms with Crippen LogP contribution in [0.2, 0.25) is 0 Å². The molecule has 160 valence electrons. The lowest BCUT2D eigenvalue weighted by atomic mass is 9.91. The Hall–Kier alpha value is -1.79. The predicted molar refractivity (Wildman–Crippen MR) is 117 cm³/mol. The van der Waals surface area contributed by atoms with Gasteiger partial charge in [0.1, 0.15) is 0 Å². The van der Waals surface area contributed by atoms with Gasteiger partial charge in [-0.1, -0.05) is 17.7 Å². The van der Waals surface area contributed by atoms with Crippen LogP contribution in [0.5, 0.6) is 0 Å². The average Bonchev–Trinajstić information content (AvgIpc) is 3.41. The third-order valence-corrected chi connectivity index (χ3v) is 6.78. The highest BCUT2D eigenvalue weighted by atomic mass is 35.5. The molecule has 4 rings (SSSR count). The highest BCUT2D eigenvalue weighted by molar-refractivity contribution is 5.89. The van der Waals surface area contributed by atoms with E-state index in [9.17, 15) is 9.59 Å². The number of piperidine rings is 2. The molecule has 2 aliphatic heterocycles. The average molecular weight is 421 g/mol. The zero-order valence-electron chi connectivity index (χ0n) is 17.2. The van der Waals surface area contributed by atoms with Gasteiger partial charge < -0.3 is 20.9 Å². The van der Waals surface area contributed by atoms with E-state index in [1.165, 1.54) is 5.56 Å². The molecular weight excluding hydrogens is 388 g/mol. The van der Waals surface area contributed by atoms with Crippen LogP contribution >= 0.6 is 12.4 Å². The van der Waals surface area contributed by atoms with Gasteiger partial charge in [-0.25, -0.2) is 4.79 Å². The molecule has 2 atom stereocenters. The molecule has 3 aliphatic rings. The lowest BCUT2D eigenvalue weighted by molar-refractivity contribution is -0.135. The minimum Gasteiger partial charge on any atom is -0.342 e. The summed E-state index contributed by atoms with van der Waals surface area (Å²) in [5, 5.41) is 9.26. The summed E-state index contributed by atoms with van der Waals surface area (Å²) >= 11 is 0. The highest BCUT2D eigenvalue weighted by Crippen LogP contribution is 2.59. The van der Waals surface area contributed by atoms with Crippen LogP contribution in [0.25, 0.3) is 0 Å². The molecule has 1 spiro atoms. The minimum absolute atomic E-state index is 0. The number of benzene rings is 1. The molecule has 1 aromatic carbocycles.